The fourth-order valence-corrected chi connectivity index (χ4v) is 4.40. The second kappa shape index (κ2) is 5.12. The minimum Gasteiger partial charge on any atom is -0.399 e. The molecule has 0 bridgehead atoms. The van der Waals surface area contributed by atoms with Gasteiger partial charge in [0.05, 0.1) is 16.6 Å². The standard InChI is InChI=1S/C11H10BrNOS2/c12-10-4-5-15-11(10)7-16(14)9-3-1-2-8(13)6-9/h1-6H,7,13H2. The number of rotatable bonds is 3. The minimum absolute atomic E-state index is 0.529. The Bertz CT molecular complexity index is 524. The van der Waals surface area contributed by atoms with Crippen LogP contribution in [0.15, 0.2) is 45.1 Å². The van der Waals surface area contributed by atoms with Crippen LogP contribution in [0, 0.1) is 0 Å². The molecule has 0 spiro atoms. The van der Waals surface area contributed by atoms with E-state index in [1.807, 2.05) is 23.6 Å². The zero-order chi connectivity index (χ0) is 11.5. The molecule has 0 aliphatic carbocycles. The van der Waals surface area contributed by atoms with E-state index in [0.717, 1.165) is 14.2 Å². The van der Waals surface area contributed by atoms with Crippen molar-refractivity contribution in [2.75, 3.05) is 5.73 Å². The molecule has 1 heterocycles. The molecule has 1 unspecified atom stereocenters. The van der Waals surface area contributed by atoms with Crippen LogP contribution < -0.4 is 5.73 Å². The van der Waals surface area contributed by atoms with Crippen LogP contribution in [0.5, 0.6) is 0 Å². The third kappa shape index (κ3) is 2.72. The summed E-state index contributed by atoms with van der Waals surface area (Å²) < 4.78 is 13.1. The van der Waals surface area contributed by atoms with Crippen LogP contribution in [-0.2, 0) is 16.6 Å². The summed E-state index contributed by atoms with van der Waals surface area (Å²) in [5.41, 5.74) is 6.31. The van der Waals surface area contributed by atoms with Gasteiger partial charge in [0, 0.05) is 19.9 Å². The maximum Gasteiger partial charge on any atom is 0.0637 e. The third-order valence-corrected chi connectivity index (χ3v) is 5.51. The summed E-state index contributed by atoms with van der Waals surface area (Å²) in [7, 11) is -1.03. The van der Waals surface area contributed by atoms with Crippen molar-refractivity contribution in [3.63, 3.8) is 0 Å². The summed E-state index contributed by atoms with van der Waals surface area (Å²) in [6, 6.07) is 9.19. The largest absolute Gasteiger partial charge is 0.399 e. The molecule has 0 saturated heterocycles. The van der Waals surface area contributed by atoms with Gasteiger partial charge in [0.1, 0.15) is 0 Å². The molecule has 2 aromatic rings. The molecule has 2 nitrogen and oxygen atoms in total. The van der Waals surface area contributed by atoms with E-state index in [0.29, 0.717) is 11.4 Å². The maximum absolute atomic E-state index is 12.1. The van der Waals surface area contributed by atoms with Crippen LogP contribution in [0.25, 0.3) is 0 Å². The van der Waals surface area contributed by atoms with Gasteiger partial charge in [-0.3, -0.25) is 4.21 Å². The van der Waals surface area contributed by atoms with Gasteiger partial charge in [-0.05, 0) is 45.6 Å². The molecule has 1 atom stereocenters. The highest BCUT2D eigenvalue weighted by Crippen LogP contribution is 2.25. The van der Waals surface area contributed by atoms with Gasteiger partial charge in [-0.2, -0.15) is 0 Å². The molecule has 0 saturated carbocycles. The molecule has 2 rings (SSSR count). The number of hydrogen-bond acceptors (Lipinski definition) is 3. The number of halogens is 1. The van der Waals surface area contributed by atoms with Crippen LogP contribution >= 0.6 is 27.3 Å². The van der Waals surface area contributed by atoms with Gasteiger partial charge >= 0.3 is 0 Å². The van der Waals surface area contributed by atoms with Crippen molar-refractivity contribution in [1.82, 2.24) is 0 Å². The van der Waals surface area contributed by atoms with Crippen molar-refractivity contribution in [2.45, 2.75) is 10.6 Å². The predicted molar refractivity (Wildman–Crippen MR) is 73.0 cm³/mol. The fraction of sp³-hybridized carbons (Fsp3) is 0.0909. The quantitative estimate of drug-likeness (QED) is 0.882. The second-order valence-electron chi connectivity index (χ2n) is 3.25. The summed E-state index contributed by atoms with van der Waals surface area (Å²) in [5, 5.41) is 1.98. The van der Waals surface area contributed by atoms with Crippen LogP contribution in [0.1, 0.15) is 4.88 Å². The first-order chi connectivity index (χ1) is 7.66. The lowest BCUT2D eigenvalue weighted by Gasteiger charge is -2.02. The van der Waals surface area contributed by atoms with Gasteiger partial charge in [0.15, 0.2) is 0 Å². The highest BCUT2D eigenvalue weighted by molar-refractivity contribution is 9.10. The number of nitrogen functional groups attached to an aromatic ring is 1. The Morgan fingerprint density at radius 1 is 1.38 bits per heavy atom. The minimum atomic E-state index is -1.03. The molecule has 0 aliphatic heterocycles. The Labute approximate surface area is 109 Å². The number of benzene rings is 1. The molecule has 84 valence electrons. The van der Waals surface area contributed by atoms with Gasteiger partial charge in [0.2, 0.25) is 0 Å². The normalized spacial score (nSPS) is 12.6. The molecule has 0 fully saturated rings. The average Bonchev–Trinajstić information content (AvgIpc) is 2.64. The summed E-state index contributed by atoms with van der Waals surface area (Å²) in [5.74, 6) is 0.529. The summed E-state index contributed by atoms with van der Waals surface area (Å²) >= 11 is 5.04. The van der Waals surface area contributed by atoms with E-state index in [4.69, 9.17) is 5.73 Å². The number of anilines is 1. The smallest absolute Gasteiger partial charge is 0.0637 e. The van der Waals surface area contributed by atoms with E-state index in [-0.39, 0.29) is 0 Å². The molecular formula is C11H10BrNOS2. The molecule has 0 aliphatic rings. The van der Waals surface area contributed by atoms with Crippen LogP contribution in [0.2, 0.25) is 0 Å². The molecule has 5 heteroatoms. The molecule has 1 aromatic carbocycles. The number of hydrogen-bond donors (Lipinski definition) is 1. The summed E-state index contributed by atoms with van der Waals surface area (Å²) in [6.07, 6.45) is 0. The molecule has 0 amide bonds. The van der Waals surface area contributed by atoms with Crippen LogP contribution in [-0.4, -0.2) is 4.21 Å². The van der Waals surface area contributed by atoms with E-state index in [1.54, 1.807) is 23.5 Å². The first-order valence-corrected chi connectivity index (χ1v) is 7.62. The van der Waals surface area contributed by atoms with E-state index in [9.17, 15) is 4.21 Å². The SMILES string of the molecule is Nc1cccc(S(=O)Cc2sccc2Br)c1. The molecule has 0 radical (unpaired) electrons. The van der Waals surface area contributed by atoms with Gasteiger partial charge in [-0.15, -0.1) is 11.3 Å². The Morgan fingerprint density at radius 3 is 2.81 bits per heavy atom. The van der Waals surface area contributed by atoms with Crippen molar-refractivity contribution in [3.05, 3.63) is 45.1 Å². The van der Waals surface area contributed by atoms with Gasteiger partial charge in [0.25, 0.3) is 0 Å². The van der Waals surface area contributed by atoms with Crippen LogP contribution in [0.3, 0.4) is 0 Å². The topological polar surface area (TPSA) is 43.1 Å². The maximum atomic E-state index is 12.1. The highest BCUT2D eigenvalue weighted by Gasteiger charge is 2.09. The molecule has 2 N–H and O–H groups in total. The zero-order valence-electron chi connectivity index (χ0n) is 8.35. The monoisotopic (exact) mass is 315 g/mol. The average molecular weight is 316 g/mol. The highest BCUT2D eigenvalue weighted by atomic mass is 79.9. The zero-order valence-corrected chi connectivity index (χ0v) is 11.6. The lowest BCUT2D eigenvalue weighted by atomic mass is 10.3. The Morgan fingerprint density at radius 2 is 2.19 bits per heavy atom. The van der Waals surface area contributed by atoms with Gasteiger partial charge in [-0.25, -0.2) is 0 Å². The van der Waals surface area contributed by atoms with Gasteiger partial charge in [-0.1, -0.05) is 6.07 Å². The third-order valence-electron chi connectivity index (χ3n) is 2.07. The Balaban J connectivity index is 2.18. The van der Waals surface area contributed by atoms with Crippen molar-refractivity contribution < 1.29 is 4.21 Å². The predicted octanol–water partition coefficient (Wildman–Crippen LogP) is 3.40. The van der Waals surface area contributed by atoms with Crippen molar-refractivity contribution in [2.24, 2.45) is 0 Å². The lowest BCUT2D eigenvalue weighted by Crippen LogP contribution is -1.96. The Hall–Kier alpha value is -0.650. The lowest BCUT2D eigenvalue weighted by molar-refractivity contribution is 0.683. The summed E-state index contributed by atoms with van der Waals surface area (Å²) in [6.45, 7) is 0. The first kappa shape index (κ1) is 11.8. The van der Waals surface area contributed by atoms with E-state index in [2.05, 4.69) is 15.9 Å². The molecule has 16 heavy (non-hydrogen) atoms. The number of nitrogens with two attached hydrogens (primary N) is 1. The van der Waals surface area contributed by atoms with E-state index in [1.165, 1.54) is 0 Å². The fourth-order valence-electron chi connectivity index (χ4n) is 1.29. The summed E-state index contributed by atoms with van der Waals surface area (Å²) in [4.78, 5) is 1.88. The van der Waals surface area contributed by atoms with Crippen LogP contribution in [0.4, 0.5) is 5.69 Å². The van der Waals surface area contributed by atoms with E-state index >= 15 is 0 Å². The first-order valence-electron chi connectivity index (χ1n) is 4.62. The van der Waals surface area contributed by atoms with Crippen molar-refractivity contribution >= 4 is 43.8 Å². The van der Waals surface area contributed by atoms with E-state index < -0.39 is 10.8 Å². The second-order valence-corrected chi connectivity index (χ2v) is 6.56. The Kier molecular flexibility index (Phi) is 3.78. The molecule has 1 aromatic heterocycles. The van der Waals surface area contributed by atoms with Crippen molar-refractivity contribution in [1.29, 1.82) is 0 Å². The van der Waals surface area contributed by atoms with Gasteiger partial charge < -0.3 is 5.73 Å². The number of thiophene rings is 1. The molecular weight excluding hydrogens is 306 g/mol. The van der Waals surface area contributed by atoms with Crippen molar-refractivity contribution in [3.8, 4) is 0 Å².